The Hall–Kier alpha value is -0.530. The monoisotopic (exact) mass is 237 g/mol. The van der Waals surface area contributed by atoms with E-state index in [4.69, 9.17) is 11.6 Å². The van der Waals surface area contributed by atoms with Gasteiger partial charge in [-0.15, -0.1) is 0 Å². The van der Waals surface area contributed by atoms with Gasteiger partial charge in [0, 0.05) is 17.0 Å². The molecule has 1 fully saturated rings. The minimum absolute atomic E-state index is 0.584. The molecule has 1 aromatic carbocycles. The van der Waals surface area contributed by atoms with Crippen LogP contribution in [0.4, 0.5) is 0 Å². The summed E-state index contributed by atoms with van der Waals surface area (Å²) in [6.45, 7) is 0. The zero-order valence-corrected chi connectivity index (χ0v) is 10.6. The molecular formula is C14H20ClN. The summed E-state index contributed by atoms with van der Waals surface area (Å²) in [4.78, 5) is 0. The van der Waals surface area contributed by atoms with Crippen LogP contribution < -0.4 is 5.32 Å². The maximum absolute atomic E-state index is 6.31. The molecule has 1 nitrogen and oxygen atoms in total. The molecule has 0 amide bonds. The standard InChI is InChI=1S/C14H20ClN/c1-16-14-10-4-2-3-8-12(14)11-7-5-6-9-13(11)15/h5-7,9,12,14,16H,2-4,8,10H2,1H3. The second-order valence-corrected chi connectivity index (χ2v) is 5.07. The molecule has 2 atom stereocenters. The minimum atomic E-state index is 0.584. The molecule has 0 spiro atoms. The smallest absolute Gasteiger partial charge is 0.0441 e. The van der Waals surface area contributed by atoms with Crippen molar-refractivity contribution in [3.63, 3.8) is 0 Å². The Morgan fingerprint density at radius 3 is 2.62 bits per heavy atom. The molecule has 0 saturated heterocycles. The Kier molecular flexibility index (Phi) is 4.25. The van der Waals surface area contributed by atoms with E-state index in [9.17, 15) is 0 Å². The van der Waals surface area contributed by atoms with Crippen molar-refractivity contribution in [3.05, 3.63) is 34.9 Å². The van der Waals surface area contributed by atoms with Crippen molar-refractivity contribution in [1.29, 1.82) is 0 Å². The first-order valence-corrected chi connectivity index (χ1v) is 6.62. The number of benzene rings is 1. The number of nitrogens with one attached hydrogen (secondary N) is 1. The Morgan fingerprint density at radius 2 is 1.88 bits per heavy atom. The maximum atomic E-state index is 6.31. The Bertz CT molecular complexity index is 337. The van der Waals surface area contributed by atoms with E-state index < -0.39 is 0 Å². The van der Waals surface area contributed by atoms with Crippen LogP contribution in [-0.2, 0) is 0 Å². The van der Waals surface area contributed by atoms with Gasteiger partial charge in [-0.25, -0.2) is 0 Å². The lowest BCUT2D eigenvalue weighted by Gasteiger charge is -2.25. The number of hydrogen-bond donors (Lipinski definition) is 1. The summed E-state index contributed by atoms with van der Waals surface area (Å²) in [6.07, 6.45) is 6.56. The molecule has 1 aliphatic carbocycles. The molecule has 88 valence electrons. The maximum Gasteiger partial charge on any atom is 0.0441 e. The lowest BCUT2D eigenvalue weighted by atomic mass is 9.87. The molecule has 1 aliphatic rings. The third kappa shape index (κ3) is 2.58. The van der Waals surface area contributed by atoms with Crippen LogP contribution >= 0.6 is 11.6 Å². The van der Waals surface area contributed by atoms with Crippen molar-refractivity contribution in [1.82, 2.24) is 5.32 Å². The van der Waals surface area contributed by atoms with Crippen molar-refractivity contribution < 1.29 is 0 Å². The van der Waals surface area contributed by atoms with Gasteiger partial charge in [-0.1, -0.05) is 49.1 Å². The van der Waals surface area contributed by atoms with E-state index in [1.54, 1.807) is 0 Å². The number of rotatable bonds is 2. The van der Waals surface area contributed by atoms with Crippen molar-refractivity contribution in [2.45, 2.75) is 44.1 Å². The summed E-state index contributed by atoms with van der Waals surface area (Å²) < 4.78 is 0. The fourth-order valence-corrected chi connectivity index (χ4v) is 3.08. The van der Waals surface area contributed by atoms with E-state index in [2.05, 4.69) is 24.5 Å². The first-order valence-electron chi connectivity index (χ1n) is 6.24. The SMILES string of the molecule is CNC1CCCCCC1c1ccccc1Cl. The summed E-state index contributed by atoms with van der Waals surface area (Å²) in [6, 6.07) is 8.88. The van der Waals surface area contributed by atoms with E-state index in [-0.39, 0.29) is 0 Å². The van der Waals surface area contributed by atoms with Gasteiger partial charge in [0.2, 0.25) is 0 Å². The van der Waals surface area contributed by atoms with Crippen molar-refractivity contribution in [2.24, 2.45) is 0 Å². The van der Waals surface area contributed by atoms with Crippen LogP contribution in [-0.4, -0.2) is 13.1 Å². The molecule has 0 bridgehead atoms. The molecule has 0 heterocycles. The molecule has 16 heavy (non-hydrogen) atoms. The van der Waals surface area contributed by atoms with Crippen LogP contribution in [0, 0.1) is 0 Å². The molecule has 2 heteroatoms. The van der Waals surface area contributed by atoms with Crippen molar-refractivity contribution in [2.75, 3.05) is 7.05 Å². The Labute approximate surface area is 103 Å². The van der Waals surface area contributed by atoms with Crippen LogP contribution in [0.15, 0.2) is 24.3 Å². The second-order valence-electron chi connectivity index (χ2n) is 4.66. The number of hydrogen-bond acceptors (Lipinski definition) is 1. The molecule has 0 aromatic heterocycles. The number of halogens is 1. The highest BCUT2D eigenvalue weighted by Gasteiger charge is 2.25. The van der Waals surface area contributed by atoms with Crippen LogP contribution in [0.5, 0.6) is 0 Å². The van der Waals surface area contributed by atoms with E-state index in [0.29, 0.717) is 12.0 Å². The Balaban J connectivity index is 2.25. The first-order chi connectivity index (χ1) is 7.83. The average Bonchev–Trinajstić information content (AvgIpc) is 2.54. The van der Waals surface area contributed by atoms with E-state index in [0.717, 1.165) is 5.02 Å². The zero-order chi connectivity index (χ0) is 11.4. The van der Waals surface area contributed by atoms with Gasteiger partial charge >= 0.3 is 0 Å². The highest BCUT2D eigenvalue weighted by molar-refractivity contribution is 6.31. The van der Waals surface area contributed by atoms with Crippen LogP contribution in [0.3, 0.4) is 0 Å². The second kappa shape index (κ2) is 5.70. The van der Waals surface area contributed by atoms with Crippen molar-refractivity contribution in [3.8, 4) is 0 Å². The summed E-state index contributed by atoms with van der Waals surface area (Å²) >= 11 is 6.31. The van der Waals surface area contributed by atoms with Gasteiger partial charge in [-0.05, 0) is 31.5 Å². The highest BCUT2D eigenvalue weighted by atomic mass is 35.5. The van der Waals surface area contributed by atoms with Gasteiger partial charge < -0.3 is 5.32 Å². The van der Waals surface area contributed by atoms with Crippen LogP contribution in [0.1, 0.15) is 43.6 Å². The molecule has 2 rings (SSSR count). The lowest BCUT2D eigenvalue weighted by Crippen LogP contribution is -2.31. The first kappa shape index (κ1) is 11.9. The Morgan fingerprint density at radius 1 is 1.12 bits per heavy atom. The fraction of sp³-hybridized carbons (Fsp3) is 0.571. The summed E-state index contributed by atoms with van der Waals surface area (Å²) in [5.74, 6) is 0.584. The van der Waals surface area contributed by atoms with Gasteiger partial charge in [0.05, 0.1) is 0 Å². The molecule has 1 saturated carbocycles. The number of likely N-dealkylation sites (N-methyl/N-ethyl adjacent to an activating group) is 1. The van der Waals surface area contributed by atoms with E-state index >= 15 is 0 Å². The summed E-state index contributed by atoms with van der Waals surface area (Å²) in [5.41, 5.74) is 1.32. The average molecular weight is 238 g/mol. The van der Waals surface area contributed by atoms with Crippen molar-refractivity contribution >= 4 is 11.6 Å². The van der Waals surface area contributed by atoms with E-state index in [1.165, 1.54) is 37.7 Å². The van der Waals surface area contributed by atoms with E-state index in [1.807, 2.05) is 12.1 Å². The minimum Gasteiger partial charge on any atom is -0.316 e. The predicted molar refractivity (Wildman–Crippen MR) is 70.1 cm³/mol. The van der Waals surface area contributed by atoms with Gasteiger partial charge in [-0.2, -0.15) is 0 Å². The normalized spacial score (nSPS) is 26.4. The topological polar surface area (TPSA) is 12.0 Å². The molecule has 0 radical (unpaired) electrons. The predicted octanol–water partition coefficient (Wildman–Crippen LogP) is 3.98. The fourth-order valence-electron chi connectivity index (χ4n) is 2.80. The largest absolute Gasteiger partial charge is 0.316 e. The summed E-state index contributed by atoms with van der Waals surface area (Å²) in [7, 11) is 2.07. The third-order valence-corrected chi connectivity index (χ3v) is 4.04. The molecule has 0 aliphatic heterocycles. The molecule has 2 unspecified atom stereocenters. The zero-order valence-electron chi connectivity index (χ0n) is 9.88. The quantitative estimate of drug-likeness (QED) is 0.768. The molecule has 1 aromatic rings. The van der Waals surface area contributed by atoms with Crippen LogP contribution in [0.25, 0.3) is 0 Å². The van der Waals surface area contributed by atoms with Gasteiger partial charge in [0.25, 0.3) is 0 Å². The highest BCUT2D eigenvalue weighted by Crippen LogP contribution is 2.35. The third-order valence-electron chi connectivity index (χ3n) is 3.69. The van der Waals surface area contributed by atoms with Gasteiger partial charge in [0.1, 0.15) is 0 Å². The van der Waals surface area contributed by atoms with Gasteiger partial charge in [0.15, 0.2) is 0 Å². The lowest BCUT2D eigenvalue weighted by molar-refractivity contribution is 0.439. The molecular weight excluding hydrogens is 218 g/mol. The van der Waals surface area contributed by atoms with Crippen LogP contribution in [0.2, 0.25) is 5.02 Å². The molecule has 1 N–H and O–H groups in total. The summed E-state index contributed by atoms with van der Waals surface area (Å²) in [5, 5.41) is 4.39. The van der Waals surface area contributed by atoms with Gasteiger partial charge in [-0.3, -0.25) is 0 Å².